The molecule has 0 aliphatic rings. The van der Waals surface area contributed by atoms with E-state index >= 15 is 0 Å². The predicted octanol–water partition coefficient (Wildman–Crippen LogP) is 2.74. The Morgan fingerprint density at radius 3 is 2.42 bits per heavy atom. The lowest BCUT2D eigenvalue weighted by Gasteiger charge is -2.15. The summed E-state index contributed by atoms with van der Waals surface area (Å²) in [7, 11) is 1.48. The molecule has 0 radical (unpaired) electrons. The summed E-state index contributed by atoms with van der Waals surface area (Å²) in [6.07, 6.45) is 1.27. The van der Waals surface area contributed by atoms with E-state index in [2.05, 4.69) is 26.1 Å². The second kappa shape index (κ2) is 9.92. The lowest BCUT2D eigenvalue weighted by Crippen LogP contribution is -2.30. The summed E-state index contributed by atoms with van der Waals surface area (Å²) in [6.45, 7) is 1.98. The average molecular weight is 422 g/mol. The van der Waals surface area contributed by atoms with Crippen LogP contribution < -0.4 is 26.6 Å². The Morgan fingerprint density at radius 2 is 1.68 bits per heavy atom. The van der Waals surface area contributed by atoms with Crippen molar-refractivity contribution in [1.29, 1.82) is 0 Å². The molecule has 2 aromatic carbocycles. The SMILES string of the molecule is CCOC(=O)c1ccccc1Nc1ncnc(NNC(=O)c2ccccc2OC)c1N. The van der Waals surface area contributed by atoms with Gasteiger partial charge in [0.15, 0.2) is 11.6 Å². The first-order valence-corrected chi connectivity index (χ1v) is 9.38. The van der Waals surface area contributed by atoms with Crippen molar-refractivity contribution in [2.45, 2.75) is 6.92 Å². The van der Waals surface area contributed by atoms with E-state index in [-0.39, 0.29) is 23.9 Å². The quantitative estimate of drug-likeness (QED) is 0.318. The van der Waals surface area contributed by atoms with Crippen LogP contribution in [-0.4, -0.2) is 35.6 Å². The van der Waals surface area contributed by atoms with Crippen LogP contribution in [0, 0.1) is 0 Å². The van der Waals surface area contributed by atoms with E-state index in [1.54, 1.807) is 55.5 Å². The highest BCUT2D eigenvalue weighted by Gasteiger charge is 2.16. The number of benzene rings is 2. The maximum Gasteiger partial charge on any atom is 0.340 e. The molecule has 0 bridgehead atoms. The fourth-order valence-electron chi connectivity index (χ4n) is 2.72. The van der Waals surface area contributed by atoms with E-state index in [0.717, 1.165) is 0 Å². The van der Waals surface area contributed by atoms with Crippen LogP contribution in [0.2, 0.25) is 0 Å². The molecule has 1 aromatic heterocycles. The standard InChI is InChI=1S/C21H22N6O4/c1-3-31-21(29)13-8-4-6-10-15(13)25-18-17(22)19(24-12-23-18)26-27-20(28)14-9-5-7-11-16(14)30-2/h4-12H,3,22H2,1-2H3,(H,27,28)(H2,23,24,25,26). The molecule has 3 rings (SSSR count). The maximum absolute atomic E-state index is 12.5. The topological polar surface area (TPSA) is 140 Å². The number of carbonyl (C=O) groups excluding carboxylic acids is 2. The number of hydrazine groups is 1. The molecule has 160 valence electrons. The van der Waals surface area contributed by atoms with Crippen LogP contribution in [0.1, 0.15) is 27.6 Å². The first-order valence-electron chi connectivity index (χ1n) is 9.38. The van der Waals surface area contributed by atoms with Gasteiger partial charge in [0.25, 0.3) is 5.91 Å². The van der Waals surface area contributed by atoms with Crippen LogP contribution in [0.25, 0.3) is 0 Å². The Hall–Kier alpha value is -4.34. The molecule has 1 amide bonds. The Bertz CT molecular complexity index is 1090. The van der Waals surface area contributed by atoms with E-state index in [1.165, 1.54) is 13.4 Å². The minimum atomic E-state index is -0.472. The highest BCUT2D eigenvalue weighted by molar-refractivity contribution is 5.98. The van der Waals surface area contributed by atoms with Crippen molar-refractivity contribution >= 4 is 34.9 Å². The number of anilines is 4. The van der Waals surface area contributed by atoms with Gasteiger partial charge in [0.2, 0.25) is 0 Å². The zero-order chi connectivity index (χ0) is 22.2. The number of nitrogens with one attached hydrogen (secondary N) is 3. The van der Waals surface area contributed by atoms with Gasteiger partial charge in [0.1, 0.15) is 17.8 Å². The van der Waals surface area contributed by atoms with Gasteiger partial charge in [-0.1, -0.05) is 24.3 Å². The van der Waals surface area contributed by atoms with Crippen molar-refractivity contribution in [2.24, 2.45) is 0 Å². The fourth-order valence-corrected chi connectivity index (χ4v) is 2.72. The summed E-state index contributed by atoms with van der Waals surface area (Å²) in [5.41, 5.74) is 12.6. The molecule has 0 unspecified atom stereocenters. The average Bonchev–Trinajstić information content (AvgIpc) is 2.80. The van der Waals surface area contributed by atoms with Crippen molar-refractivity contribution in [3.8, 4) is 5.75 Å². The summed E-state index contributed by atoms with van der Waals surface area (Å²) in [5, 5.41) is 3.01. The van der Waals surface area contributed by atoms with Gasteiger partial charge >= 0.3 is 5.97 Å². The van der Waals surface area contributed by atoms with Crippen LogP contribution in [-0.2, 0) is 4.74 Å². The number of methoxy groups -OCH3 is 1. The Kier molecular flexibility index (Phi) is 6.84. The smallest absolute Gasteiger partial charge is 0.340 e. The van der Waals surface area contributed by atoms with Crippen molar-refractivity contribution in [1.82, 2.24) is 15.4 Å². The zero-order valence-corrected chi connectivity index (χ0v) is 17.0. The van der Waals surface area contributed by atoms with Crippen LogP contribution in [0.15, 0.2) is 54.9 Å². The largest absolute Gasteiger partial charge is 0.496 e. The molecular formula is C21H22N6O4. The molecule has 0 spiro atoms. The molecule has 0 saturated carbocycles. The maximum atomic E-state index is 12.5. The highest BCUT2D eigenvalue weighted by atomic mass is 16.5. The molecule has 1 heterocycles. The Morgan fingerprint density at radius 1 is 1.00 bits per heavy atom. The third-order valence-corrected chi connectivity index (χ3v) is 4.21. The third-order valence-electron chi connectivity index (χ3n) is 4.21. The van der Waals surface area contributed by atoms with Gasteiger partial charge in [-0.15, -0.1) is 0 Å². The fraction of sp³-hybridized carbons (Fsp3) is 0.143. The van der Waals surface area contributed by atoms with E-state index in [9.17, 15) is 9.59 Å². The monoisotopic (exact) mass is 422 g/mol. The zero-order valence-electron chi connectivity index (χ0n) is 17.0. The number of rotatable bonds is 8. The normalized spacial score (nSPS) is 10.1. The number of hydrogen-bond donors (Lipinski definition) is 4. The Labute approximate surface area is 178 Å². The minimum Gasteiger partial charge on any atom is -0.496 e. The lowest BCUT2D eigenvalue weighted by atomic mass is 10.2. The van der Waals surface area contributed by atoms with Crippen LogP contribution in [0.4, 0.5) is 23.0 Å². The Balaban J connectivity index is 1.77. The molecule has 0 atom stereocenters. The van der Waals surface area contributed by atoms with E-state index in [1.807, 2.05) is 0 Å². The number of aromatic nitrogens is 2. The number of hydrogen-bond acceptors (Lipinski definition) is 9. The van der Waals surface area contributed by atoms with Gasteiger partial charge in [-0.3, -0.25) is 15.6 Å². The molecule has 0 aliphatic carbocycles. The van der Waals surface area contributed by atoms with E-state index in [4.69, 9.17) is 15.2 Å². The van der Waals surface area contributed by atoms with E-state index < -0.39 is 11.9 Å². The van der Waals surface area contributed by atoms with Crippen molar-refractivity contribution < 1.29 is 19.1 Å². The summed E-state index contributed by atoms with van der Waals surface area (Å²) >= 11 is 0. The second-order valence-corrected chi connectivity index (χ2v) is 6.16. The first kappa shape index (κ1) is 21.4. The van der Waals surface area contributed by atoms with Gasteiger partial charge in [-0.2, -0.15) is 0 Å². The molecule has 10 heteroatoms. The first-order chi connectivity index (χ1) is 15.0. The summed E-state index contributed by atoms with van der Waals surface area (Å²) in [5.74, 6) is -0.0520. The highest BCUT2D eigenvalue weighted by Crippen LogP contribution is 2.27. The van der Waals surface area contributed by atoms with Crippen LogP contribution >= 0.6 is 0 Å². The second-order valence-electron chi connectivity index (χ2n) is 6.16. The third kappa shape index (κ3) is 4.99. The van der Waals surface area contributed by atoms with Crippen molar-refractivity contribution in [3.05, 3.63) is 66.0 Å². The summed E-state index contributed by atoms with van der Waals surface area (Å²) in [6, 6.07) is 13.6. The molecule has 3 aromatic rings. The van der Waals surface area contributed by atoms with Crippen LogP contribution in [0.5, 0.6) is 5.75 Å². The van der Waals surface area contributed by atoms with Gasteiger partial charge in [-0.25, -0.2) is 14.8 Å². The van der Waals surface area contributed by atoms with Crippen molar-refractivity contribution in [2.75, 3.05) is 30.2 Å². The van der Waals surface area contributed by atoms with Gasteiger partial charge in [0, 0.05) is 0 Å². The number of ether oxygens (including phenoxy) is 2. The molecule has 31 heavy (non-hydrogen) atoms. The lowest BCUT2D eigenvalue weighted by molar-refractivity contribution is 0.0527. The summed E-state index contributed by atoms with van der Waals surface area (Å²) < 4.78 is 10.3. The number of nitrogens with zero attached hydrogens (tertiary/aromatic N) is 2. The van der Waals surface area contributed by atoms with E-state index in [0.29, 0.717) is 22.6 Å². The number of nitrogen functional groups attached to an aromatic ring is 1. The molecule has 0 saturated heterocycles. The number of nitrogens with two attached hydrogens (primary N) is 1. The predicted molar refractivity (Wildman–Crippen MR) is 116 cm³/mol. The number of esters is 1. The molecule has 0 fully saturated rings. The number of para-hydroxylation sites is 2. The summed E-state index contributed by atoms with van der Waals surface area (Å²) in [4.78, 5) is 32.8. The molecule has 5 N–H and O–H groups in total. The molecule has 0 aliphatic heterocycles. The minimum absolute atomic E-state index is 0.140. The number of amides is 1. The number of carbonyl (C=O) groups is 2. The van der Waals surface area contributed by atoms with Crippen molar-refractivity contribution in [3.63, 3.8) is 0 Å². The van der Waals surface area contributed by atoms with Gasteiger partial charge in [0.05, 0.1) is 30.5 Å². The van der Waals surface area contributed by atoms with Gasteiger partial charge in [-0.05, 0) is 31.2 Å². The molecule has 10 nitrogen and oxygen atoms in total. The van der Waals surface area contributed by atoms with Crippen LogP contribution in [0.3, 0.4) is 0 Å². The molecular weight excluding hydrogens is 400 g/mol. The van der Waals surface area contributed by atoms with Gasteiger partial charge < -0.3 is 20.5 Å².